The summed E-state index contributed by atoms with van der Waals surface area (Å²) in [6.07, 6.45) is 8.64. The highest BCUT2D eigenvalue weighted by Gasteiger charge is 2.27. The van der Waals surface area contributed by atoms with E-state index in [2.05, 4.69) is 5.32 Å². The van der Waals surface area contributed by atoms with Crippen LogP contribution < -0.4 is 11.0 Å². The van der Waals surface area contributed by atoms with E-state index in [-0.39, 0.29) is 24.2 Å². The predicted molar refractivity (Wildman–Crippen MR) is 105 cm³/mol. The number of aliphatic hydroxyl groups excluding tert-OH is 1. The van der Waals surface area contributed by atoms with Crippen LogP contribution >= 0.6 is 0 Å². The topological polar surface area (TPSA) is 76.3 Å². The molecule has 2 N–H and O–H groups in total. The van der Waals surface area contributed by atoms with Gasteiger partial charge in [-0.1, -0.05) is 19.3 Å². The molecule has 2 fully saturated rings. The summed E-state index contributed by atoms with van der Waals surface area (Å²) in [5, 5.41) is 11.7. The first-order chi connectivity index (χ1) is 13.2. The fourth-order valence-electron chi connectivity index (χ4n) is 4.23. The Morgan fingerprint density at radius 1 is 1.11 bits per heavy atom. The SMILES string of the molecule is O=C(NCCCO)c1ccc2c(c1)n(CC1CC1)c(=O)n2C1CCCCC1. The van der Waals surface area contributed by atoms with E-state index in [0.29, 0.717) is 24.4 Å². The molecule has 1 aromatic carbocycles. The number of amides is 1. The zero-order chi connectivity index (χ0) is 18.8. The summed E-state index contributed by atoms with van der Waals surface area (Å²) in [6.45, 7) is 1.26. The largest absolute Gasteiger partial charge is 0.396 e. The van der Waals surface area contributed by atoms with E-state index >= 15 is 0 Å². The van der Waals surface area contributed by atoms with Gasteiger partial charge in [0, 0.05) is 31.3 Å². The van der Waals surface area contributed by atoms with E-state index in [4.69, 9.17) is 5.11 Å². The molecule has 1 aromatic heterocycles. The third-order valence-electron chi connectivity index (χ3n) is 5.92. The maximum atomic E-state index is 13.2. The highest BCUT2D eigenvalue weighted by atomic mass is 16.3. The minimum absolute atomic E-state index is 0.0600. The number of aliphatic hydroxyl groups is 1. The Balaban J connectivity index is 1.72. The number of carbonyl (C=O) groups excluding carboxylic acids is 1. The quantitative estimate of drug-likeness (QED) is 0.735. The lowest BCUT2D eigenvalue weighted by Gasteiger charge is -2.23. The fraction of sp³-hybridized carbons (Fsp3) is 0.619. The van der Waals surface area contributed by atoms with E-state index < -0.39 is 0 Å². The minimum Gasteiger partial charge on any atom is -0.396 e. The molecule has 4 rings (SSSR count). The van der Waals surface area contributed by atoms with Crippen LogP contribution in [0.15, 0.2) is 23.0 Å². The van der Waals surface area contributed by atoms with E-state index in [1.807, 2.05) is 27.3 Å². The number of rotatable bonds is 7. The molecule has 0 bridgehead atoms. The monoisotopic (exact) mass is 371 g/mol. The molecule has 0 radical (unpaired) electrons. The van der Waals surface area contributed by atoms with Gasteiger partial charge < -0.3 is 10.4 Å². The molecule has 0 spiro atoms. The average Bonchev–Trinajstić information content (AvgIpc) is 3.47. The van der Waals surface area contributed by atoms with Gasteiger partial charge in [0.1, 0.15) is 0 Å². The second kappa shape index (κ2) is 7.89. The summed E-state index contributed by atoms with van der Waals surface area (Å²) < 4.78 is 3.89. The summed E-state index contributed by atoms with van der Waals surface area (Å²) in [5.74, 6) is 0.441. The van der Waals surface area contributed by atoms with Gasteiger partial charge in [-0.3, -0.25) is 13.9 Å². The average molecular weight is 371 g/mol. The van der Waals surface area contributed by atoms with E-state index in [1.54, 1.807) is 0 Å². The number of hydrogen-bond donors (Lipinski definition) is 2. The van der Waals surface area contributed by atoms with Crippen molar-refractivity contribution in [1.82, 2.24) is 14.5 Å². The van der Waals surface area contributed by atoms with Gasteiger partial charge in [-0.15, -0.1) is 0 Å². The Kier molecular flexibility index (Phi) is 5.34. The molecule has 27 heavy (non-hydrogen) atoms. The molecule has 0 aliphatic heterocycles. The predicted octanol–water partition coefficient (Wildman–Crippen LogP) is 2.83. The molecule has 0 atom stereocenters. The summed E-state index contributed by atoms with van der Waals surface area (Å²) >= 11 is 0. The van der Waals surface area contributed by atoms with Crippen molar-refractivity contribution in [1.29, 1.82) is 0 Å². The molecular formula is C21H29N3O3. The first-order valence-electron chi connectivity index (χ1n) is 10.3. The number of imidazole rings is 1. The summed E-state index contributed by atoms with van der Waals surface area (Å²) in [4.78, 5) is 25.7. The molecule has 0 unspecified atom stereocenters. The van der Waals surface area contributed by atoms with E-state index in [1.165, 1.54) is 32.1 Å². The van der Waals surface area contributed by atoms with Gasteiger partial charge >= 0.3 is 5.69 Å². The summed E-state index contributed by atoms with van der Waals surface area (Å²) in [6, 6.07) is 5.90. The van der Waals surface area contributed by atoms with E-state index in [9.17, 15) is 9.59 Å². The lowest BCUT2D eigenvalue weighted by molar-refractivity contribution is 0.0951. The number of hydrogen-bond acceptors (Lipinski definition) is 3. The molecule has 1 amide bonds. The van der Waals surface area contributed by atoms with Gasteiger partial charge in [0.15, 0.2) is 0 Å². The van der Waals surface area contributed by atoms with Crippen LogP contribution in [0.2, 0.25) is 0 Å². The summed E-state index contributed by atoms with van der Waals surface area (Å²) in [5.41, 5.74) is 2.50. The lowest BCUT2D eigenvalue weighted by atomic mass is 9.95. The van der Waals surface area contributed by atoms with Crippen LogP contribution in [0.25, 0.3) is 11.0 Å². The molecule has 2 aliphatic rings. The molecule has 6 nitrogen and oxygen atoms in total. The molecule has 146 valence electrons. The Morgan fingerprint density at radius 3 is 2.59 bits per heavy atom. The minimum atomic E-state index is -0.152. The van der Waals surface area contributed by atoms with Crippen LogP contribution in [0.1, 0.15) is 67.8 Å². The first-order valence-corrected chi connectivity index (χ1v) is 10.3. The Bertz CT molecular complexity index is 873. The standard InChI is InChI=1S/C21H29N3O3/c25-12-4-11-22-20(26)16-9-10-18-19(13-16)23(14-15-7-8-15)21(27)24(18)17-5-2-1-3-6-17/h9-10,13,15,17,25H,1-8,11-12,14H2,(H,22,26). The first kappa shape index (κ1) is 18.3. The van der Waals surface area contributed by atoms with Crippen molar-refractivity contribution in [3.63, 3.8) is 0 Å². The van der Waals surface area contributed by atoms with Gasteiger partial charge in [-0.25, -0.2) is 4.79 Å². The van der Waals surface area contributed by atoms with Crippen LogP contribution in [0.3, 0.4) is 0 Å². The maximum absolute atomic E-state index is 13.2. The van der Waals surface area contributed by atoms with Gasteiger partial charge in [-0.05, 0) is 56.2 Å². The zero-order valence-electron chi connectivity index (χ0n) is 15.8. The molecule has 0 saturated heterocycles. The molecule has 6 heteroatoms. The Labute approximate surface area is 159 Å². The van der Waals surface area contributed by atoms with Crippen molar-refractivity contribution in [2.75, 3.05) is 13.2 Å². The molecule has 2 aliphatic carbocycles. The molecule has 2 aromatic rings. The van der Waals surface area contributed by atoms with Crippen molar-refractivity contribution in [2.45, 2.75) is 64.0 Å². The van der Waals surface area contributed by atoms with Crippen molar-refractivity contribution in [3.05, 3.63) is 34.2 Å². The summed E-state index contributed by atoms with van der Waals surface area (Å²) in [7, 11) is 0. The number of carbonyl (C=O) groups is 1. The van der Waals surface area contributed by atoms with Crippen LogP contribution in [-0.2, 0) is 6.54 Å². The van der Waals surface area contributed by atoms with Crippen LogP contribution in [0, 0.1) is 5.92 Å². The Hall–Kier alpha value is -2.08. The highest BCUT2D eigenvalue weighted by Crippen LogP contribution is 2.33. The highest BCUT2D eigenvalue weighted by molar-refractivity contribution is 5.97. The zero-order valence-corrected chi connectivity index (χ0v) is 15.8. The molecular weight excluding hydrogens is 342 g/mol. The number of aromatic nitrogens is 2. The second-order valence-electron chi connectivity index (χ2n) is 8.03. The van der Waals surface area contributed by atoms with Gasteiger partial charge in [-0.2, -0.15) is 0 Å². The van der Waals surface area contributed by atoms with Gasteiger partial charge in [0.2, 0.25) is 0 Å². The van der Waals surface area contributed by atoms with Crippen LogP contribution in [-0.4, -0.2) is 33.3 Å². The maximum Gasteiger partial charge on any atom is 0.329 e. The number of nitrogens with one attached hydrogen (secondary N) is 1. The molecule has 1 heterocycles. The third kappa shape index (κ3) is 3.81. The third-order valence-corrected chi connectivity index (χ3v) is 5.92. The number of nitrogens with zero attached hydrogens (tertiary/aromatic N) is 2. The van der Waals surface area contributed by atoms with Gasteiger partial charge in [0.25, 0.3) is 5.91 Å². The van der Waals surface area contributed by atoms with Crippen molar-refractivity contribution >= 4 is 16.9 Å². The smallest absolute Gasteiger partial charge is 0.329 e. The number of fused-ring (bicyclic) bond motifs is 1. The van der Waals surface area contributed by atoms with Crippen LogP contribution in [0.4, 0.5) is 0 Å². The van der Waals surface area contributed by atoms with Crippen molar-refractivity contribution in [3.8, 4) is 0 Å². The van der Waals surface area contributed by atoms with Gasteiger partial charge in [0.05, 0.1) is 11.0 Å². The van der Waals surface area contributed by atoms with E-state index in [0.717, 1.165) is 30.4 Å². The molecule has 2 saturated carbocycles. The second-order valence-corrected chi connectivity index (χ2v) is 8.03. The Morgan fingerprint density at radius 2 is 1.89 bits per heavy atom. The van der Waals surface area contributed by atoms with Crippen molar-refractivity contribution in [2.24, 2.45) is 5.92 Å². The lowest BCUT2D eigenvalue weighted by Crippen LogP contribution is -2.29. The number of benzene rings is 1. The van der Waals surface area contributed by atoms with Crippen molar-refractivity contribution < 1.29 is 9.90 Å². The van der Waals surface area contributed by atoms with Crippen LogP contribution in [0.5, 0.6) is 0 Å². The normalized spacial score (nSPS) is 18.1. The fourth-order valence-corrected chi connectivity index (χ4v) is 4.23.